The standard InChI is InChI=1S/C25H27NO5S/c1-5-31-25(28)22-14(2)26-17-11-16(15-8-9-19(29-3)20(13-15)30-4)12-18(27)23(17)24(22)21-7-6-10-32-21/h6-10,13,16,22,24H,5,11-12H2,1-4H3/t16-,22?,24+/m0/s1. The summed E-state index contributed by atoms with van der Waals surface area (Å²) in [6, 6.07) is 9.70. The van der Waals surface area contributed by atoms with Crippen molar-refractivity contribution in [3.8, 4) is 11.5 Å². The van der Waals surface area contributed by atoms with Crippen molar-refractivity contribution in [1.29, 1.82) is 0 Å². The van der Waals surface area contributed by atoms with Crippen molar-refractivity contribution < 1.29 is 23.8 Å². The Balaban J connectivity index is 1.74. The number of nitrogens with zero attached hydrogens (tertiary/aromatic N) is 1. The molecule has 4 rings (SSSR count). The number of esters is 1. The van der Waals surface area contributed by atoms with Crippen molar-refractivity contribution in [3.05, 3.63) is 57.4 Å². The van der Waals surface area contributed by atoms with E-state index in [2.05, 4.69) is 0 Å². The molecule has 2 aromatic rings. The largest absolute Gasteiger partial charge is 0.493 e. The zero-order valence-electron chi connectivity index (χ0n) is 18.7. The van der Waals surface area contributed by atoms with Crippen LogP contribution in [0.5, 0.6) is 11.5 Å². The van der Waals surface area contributed by atoms with Crippen molar-refractivity contribution in [2.45, 2.75) is 38.5 Å². The number of carbonyl (C=O) groups excluding carboxylic acids is 2. The number of rotatable bonds is 6. The smallest absolute Gasteiger partial charge is 0.315 e. The molecule has 3 atom stereocenters. The van der Waals surface area contributed by atoms with E-state index in [0.717, 1.165) is 16.1 Å². The maximum absolute atomic E-state index is 13.5. The number of hydrogen-bond acceptors (Lipinski definition) is 7. The van der Waals surface area contributed by atoms with Crippen LogP contribution in [0.3, 0.4) is 0 Å². The van der Waals surface area contributed by atoms with Gasteiger partial charge in [-0.2, -0.15) is 0 Å². The molecule has 6 nitrogen and oxygen atoms in total. The second-order valence-electron chi connectivity index (χ2n) is 7.98. The van der Waals surface area contributed by atoms with Crippen LogP contribution in [0, 0.1) is 5.92 Å². The molecule has 2 aliphatic rings. The molecule has 0 N–H and O–H groups in total. The van der Waals surface area contributed by atoms with Crippen LogP contribution >= 0.6 is 11.3 Å². The van der Waals surface area contributed by atoms with Crippen LogP contribution in [0.25, 0.3) is 0 Å². The molecule has 0 bridgehead atoms. The van der Waals surface area contributed by atoms with Gasteiger partial charge in [-0.25, -0.2) is 0 Å². The van der Waals surface area contributed by atoms with Gasteiger partial charge in [0.15, 0.2) is 17.3 Å². The normalized spacial score (nSPS) is 22.8. The molecule has 7 heteroatoms. The van der Waals surface area contributed by atoms with E-state index in [9.17, 15) is 9.59 Å². The van der Waals surface area contributed by atoms with Crippen LogP contribution in [0.2, 0.25) is 0 Å². The van der Waals surface area contributed by atoms with Crippen molar-refractivity contribution in [2.75, 3.05) is 20.8 Å². The van der Waals surface area contributed by atoms with E-state index in [1.54, 1.807) is 32.5 Å². The highest BCUT2D eigenvalue weighted by molar-refractivity contribution is 7.10. The summed E-state index contributed by atoms with van der Waals surface area (Å²) in [6.45, 7) is 3.94. The molecule has 1 aliphatic heterocycles. The lowest BCUT2D eigenvalue weighted by atomic mass is 9.71. The number of hydrogen-bond donors (Lipinski definition) is 0. The minimum atomic E-state index is -0.575. The molecule has 0 radical (unpaired) electrons. The highest BCUT2D eigenvalue weighted by Gasteiger charge is 2.45. The third-order valence-corrected chi connectivity index (χ3v) is 7.11. The molecule has 0 saturated heterocycles. The number of aliphatic imine (C=N–C) groups is 1. The van der Waals surface area contributed by atoms with Gasteiger partial charge in [-0.1, -0.05) is 12.1 Å². The molecule has 2 heterocycles. The fourth-order valence-corrected chi connectivity index (χ4v) is 5.59. The lowest BCUT2D eigenvalue weighted by molar-refractivity contribution is -0.146. The van der Waals surface area contributed by atoms with Crippen LogP contribution in [-0.2, 0) is 14.3 Å². The molecule has 32 heavy (non-hydrogen) atoms. The molecule has 1 aromatic heterocycles. The third-order valence-electron chi connectivity index (χ3n) is 6.16. The summed E-state index contributed by atoms with van der Waals surface area (Å²) in [5.74, 6) is 0.0674. The average Bonchev–Trinajstić information content (AvgIpc) is 3.32. The fraction of sp³-hybridized carbons (Fsp3) is 0.400. The molecule has 1 aromatic carbocycles. The van der Waals surface area contributed by atoms with Gasteiger partial charge >= 0.3 is 5.97 Å². The maximum Gasteiger partial charge on any atom is 0.315 e. The molecule has 0 saturated carbocycles. The van der Waals surface area contributed by atoms with Crippen molar-refractivity contribution in [3.63, 3.8) is 0 Å². The Morgan fingerprint density at radius 2 is 1.94 bits per heavy atom. The monoisotopic (exact) mass is 453 g/mol. The van der Waals surface area contributed by atoms with Crippen molar-refractivity contribution >= 4 is 28.8 Å². The second kappa shape index (κ2) is 9.28. The van der Waals surface area contributed by atoms with E-state index in [-0.39, 0.29) is 23.6 Å². The predicted molar refractivity (Wildman–Crippen MR) is 124 cm³/mol. The van der Waals surface area contributed by atoms with Crippen molar-refractivity contribution in [1.82, 2.24) is 0 Å². The van der Waals surface area contributed by atoms with Gasteiger partial charge in [-0.05, 0) is 55.3 Å². The number of allylic oxidation sites excluding steroid dienone is 2. The molecule has 1 unspecified atom stereocenters. The quantitative estimate of drug-likeness (QED) is 0.582. The molecular weight excluding hydrogens is 426 g/mol. The summed E-state index contributed by atoms with van der Waals surface area (Å²) in [6.07, 6.45) is 0.992. The Labute approximate surface area is 191 Å². The maximum atomic E-state index is 13.5. The van der Waals surface area contributed by atoms with Gasteiger partial charge in [0.05, 0.1) is 20.8 Å². The first-order valence-corrected chi connectivity index (χ1v) is 11.6. The zero-order valence-corrected chi connectivity index (χ0v) is 19.5. The highest BCUT2D eigenvalue weighted by Crippen LogP contribution is 2.48. The topological polar surface area (TPSA) is 74.2 Å². The summed E-state index contributed by atoms with van der Waals surface area (Å²) in [7, 11) is 3.20. The number of benzene rings is 1. The first kappa shape index (κ1) is 22.3. The van der Waals surface area contributed by atoms with Gasteiger partial charge in [0, 0.05) is 34.2 Å². The molecule has 168 valence electrons. The van der Waals surface area contributed by atoms with Crippen molar-refractivity contribution in [2.24, 2.45) is 10.9 Å². The SMILES string of the molecule is CCOC(=O)C1C(C)=NC2=C(C(=O)C[C@@H](c3ccc(OC)c(OC)c3)C2)[C@@H]1c1cccs1. The van der Waals surface area contributed by atoms with E-state index < -0.39 is 5.92 Å². The molecule has 1 aliphatic carbocycles. The zero-order chi connectivity index (χ0) is 22.8. The van der Waals surface area contributed by atoms with Crippen LogP contribution in [-0.4, -0.2) is 38.3 Å². The van der Waals surface area contributed by atoms with Gasteiger partial charge < -0.3 is 14.2 Å². The first-order valence-electron chi connectivity index (χ1n) is 10.7. The Morgan fingerprint density at radius 3 is 2.59 bits per heavy atom. The van der Waals surface area contributed by atoms with Crippen LogP contribution in [0.1, 0.15) is 49.0 Å². The summed E-state index contributed by atoms with van der Waals surface area (Å²) in [5, 5.41) is 1.97. The van der Waals surface area contributed by atoms with E-state index in [0.29, 0.717) is 42.2 Å². The Hall–Kier alpha value is -2.93. The number of Topliss-reactive ketones (excluding diaryl/α,β-unsaturated/α-hetero) is 1. The second-order valence-corrected chi connectivity index (χ2v) is 8.96. The minimum absolute atomic E-state index is 0.0132. The summed E-state index contributed by atoms with van der Waals surface area (Å²) in [4.78, 5) is 32.1. The van der Waals surface area contributed by atoms with Crippen LogP contribution < -0.4 is 9.47 Å². The first-order chi connectivity index (χ1) is 15.5. The lowest BCUT2D eigenvalue weighted by Crippen LogP contribution is -2.37. The number of ketones is 1. The summed E-state index contributed by atoms with van der Waals surface area (Å²) >= 11 is 1.56. The van der Waals surface area contributed by atoms with E-state index in [1.165, 1.54) is 0 Å². The third kappa shape index (κ3) is 3.97. The van der Waals surface area contributed by atoms with E-state index in [1.807, 2.05) is 42.6 Å². The molecular formula is C25H27NO5S. The Morgan fingerprint density at radius 1 is 1.16 bits per heavy atom. The molecule has 0 spiro atoms. The van der Waals surface area contributed by atoms with Crippen LogP contribution in [0.15, 0.2) is 52.0 Å². The number of ether oxygens (including phenoxy) is 3. The Kier molecular flexibility index (Phi) is 6.46. The van der Waals surface area contributed by atoms with Gasteiger partial charge in [0.2, 0.25) is 0 Å². The van der Waals surface area contributed by atoms with Gasteiger partial charge in [-0.15, -0.1) is 11.3 Å². The van der Waals surface area contributed by atoms with Gasteiger partial charge in [0.1, 0.15) is 5.92 Å². The van der Waals surface area contributed by atoms with E-state index in [4.69, 9.17) is 19.2 Å². The number of methoxy groups -OCH3 is 2. The molecule has 0 amide bonds. The van der Waals surface area contributed by atoms with Crippen LogP contribution in [0.4, 0.5) is 0 Å². The lowest BCUT2D eigenvalue weighted by Gasteiger charge is -2.36. The van der Waals surface area contributed by atoms with E-state index >= 15 is 0 Å². The number of thiophene rings is 1. The summed E-state index contributed by atoms with van der Waals surface area (Å²) < 4.78 is 16.1. The highest BCUT2D eigenvalue weighted by atomic mass is 32.1. The fourth-order valence-electron chi connectivity index (χ4n) is 4.72. The predicted octanol–water partition coefficient (Wildman–Crippen LogP) is 4.90. The molecule has 0 fully saturated rings. The summed E-state index contributed by atoms with van der Waals surface area (Å²) in [5.41, 5.74) is 3.14. The number of carbonyl (C=O) groups is 2. The van der Waals surface area contributed by atoms with Gasteiger partial charge in [-0.3, -0.25) is 14.6 Å². The Bertz CT molecular complexity index is 1090. The minimum Gasteiger partial charge on any atom is -0.493 e. The average molecular weight is 454 g/mol. The van der Waals surface area contributed by atoms with Gasteiger partial charge in [0.25, 0.3) is 0 Å².